The third-order valence-electron chi connectivity index (χ3n) is 11.8. The molecule has 2 unspecified atom stereocenters. The van der Waals surface area contributed by atoms with Crippen LogP contribution in [0.1, 0.15) is 117 Å². The van der Waals surface area contributed by atoms with Gasteiger partial charge < -0.3 is 29.1 Å². The minimum atomic E-state index is -0.559. The quantitative estimate of drug-likeness (QED) is 0.214. The van der Waals surface area contributed by atoms with Crippen LogP contribution < -0.4 is 10.1 Å². The highest BCUT2D eigenvalue weighted by atomic mass is 16.6. The molecule has 6 aliphatic rings. The first kappa shape index (κ1) is 35.7. The lowest BCUT2D eigenvalue weighted by Gasteiger charge is -2.50. The number of hydrogen-bond donors (Lipinski definition) is 2. The minimum absolute atomic E-state index is 0.0280. The summed E-state index contributed by atoms with van der Waals surface area (Å²) >= 11 is 0. The fourth-order valence-corrected chi connectivity index (χ4v) is 9.46. The molecule has 2 aromatic carbocycles. The molecule has 4 aromatic rings. The van der Waals surface area contributed by atoms with Gasteiger partial charge in [0.2, 0.25) is 0 Å². The van der Waals surface area contributed by atoms with E-state index in [-0.39, 0.29) is 42.6 Å². The zero-order valence-corrected chi connectivity index (χ0v) is 33.0. The maximum absolute atomic E-state index is 13.5. The van der Waals surface area contributed by atoms with Gasteiger partial charge in [0.15, 0.2) is 6.23 Å². The van der Waals surface area contributed by atoms with Gasteiger partial charge in [-0.2, -0.15) is 0 Å². The number of nitrogens with one attached hydrogen (secondary N) is 2. The lowest BCUT2D eigenvalue weighted by atomic mass is 9.74. The van der Waals surface area contributed by atoms with E-state index >= 15 is 0 Å². The average molecular weight is 748 g/mol. The maximum Gasteiger partial charge on any atom is 0.411 e. The molecule has 3 saturated heterocycles. The molecule has 2 bridgehead atoms. The van der Waals surface area contributed by atoms with Crippen molar-refractivity contribution in [2.45, 2.75) is 129 Å². The second-order valence-corrected chi connectivity index (χ2v) is 18.0. The number of fused-ring (bicyclic) bond motifs is 8. The Morgan fingerprint density at radius 1 is 0.909 bits per heavy atom. The summed E-state index contributed by atoms with van der Waals surface area (Å²) in [4.78, 5) is 43.5. The lowest BCUT2D eigenvalue weighted by molar-refractivity contribution is -0.0439. The normalized spacial score (nSPS) is 26.0. The molecule has 1 aliphatic carbocycles. The maximum atomic E-state index is 13.5. The molecule has 7 heterocycles. The largest absolute Gasteiger partial charge is 0.470 e. The van der Waals surface area contributed by atoms with Gasteiger partial charge in [0, 0.05) is 29.1 Å². The van der Waals surface area contributed by atoms with Crippen LogP contribution >= 0.6 is 0 Å². The fourth-order valence-electron chi connectivity index (χ4n) is 9.46. The number of benzene rings is 2. The Kier molecular flexibility index (Phi) is 8.47. The van der Waals surface area contributed by atoms with Crippen molar-refractivity contribution < 1.29 is 23.8 Å². The van der Waals surface area contributed by atoms with Gasteiger partial charge in [0.25, 0.3) is 0 Å². The molecule has 10 rings (SSSR count). The number of ether oxygens (including phenoxy) is 3. The SMILES string of the molecule is CC1Oc2cc(-c3cnc([C@@H]4C5CCC(CC5)N4C(=O)OC(C)(C)C)[nH]3)ccc2-c2cc3cc(C4CN=C([C@@H]5CCCN5C(=O)OC(C)(C)C)N4)ccc3n21. The van der Waals surface area contributed by atoms with Crippen LogP contribution in [0.2, 0.25) is 0 Å². The molecule has 12 heteroatoms. The number of imidazole rings is 1. The van der Waals surface area contributed by atoms with Crippen LogP contribution in [0, 0.1) is 5.92 Å². The number of carbonyl (C=O) groups is 2. The minimum Gasteiger partial charge on any atom is -0.470 e. The summed E-state index contributed by atoms with van der Waals surface area (Å²) in [7, 11) is 0. The monoisotopic (exact) mass is 747 g/mol. The van der Waals surface area contributed by atoms with Gasteiger partial charge in [0.1, 0.15) is 28.6 Å². The Hall–Kier alpha value is -5.00. The van der Waals surface area contributed by atoms with Crippen molar-refractivity contribution in [1.82, 2.24) is 29.7 Å². The van der Waals surface area contributed by atoms with Crippen molar-refractivity contribution >= 4 is 28.9 Å². The Bertz CT molecular complexity index is 2180. The molecule has 0 spiro atoms. The number of rotatable bonds is 4. The number of nitrogens with zero attached hydrogens (tertiary/aromatic N) is 5. The molecule has 1 saturated carbocycles. The van der Waals surface area contributed by atoms with Crippen molar-refractivity contribution in [3.05, 3.63) is 60.0 Å². The summed E-state index contributed by atoms with van der Waals surface area (Å²) in [5.41, 5.74) is 5.20. The van der Waals surface area contributed by atoms with Gasteiger partial charge in [-0.3, -0.25) is 14.8 Å². The fraction of sp³-hybridized carbons (Fsp3) is 0.535. The first-order chi connectivity index (χ1) is 26.2. The van der Waals surface area contributed by atoms with Crippen molar-refractivity contribution in [3.8, 4) is 28.3 Å². The number of hydrogen-bond acceptors (Lipinski definition) is 8. The highest BCUT2D eigenvalue weighted by Gasteiger charge is 2.47. The summed E-state index contributed by atoms with van der Waals surface area (Å²) in [6.45, 7) is 14.8. The zero-order chi connectivity index (χ0) is 38.4. The lowest BCUT2D eigenvalue weighted by Crippen LogP contribution is -2.54. The van der Waals surface area contributed by atoms with Gasteiger partial charge in [-0.15, -0.1) is 0 Å². The van der Waals surface area contributed by atoms with E-state index in [1.54, 1.807) is 0 Å². The van der Waals surface area contributed by atoms with E-state index < -0.39 is 11.2 Å². The molecule has 55 heavy (non-hydrogen) atoms. The van der Waals surface area contributed by atoms with Crippen molar-refractivity contribution in [2.75, 3.05) is 13.1 Å². The first-order valence-corrected chi connectivity index (χ1v) is 20.0. The third-order valence-corrected chi connectivity index (χ3v) is 11.8. The number of carbonyl (C=O) groups excluding carboxylic acids is 2. The van der Waals surface area contributed by atoms with Crippen molar-refractivity contribution in [2.24, 2.45) is 10.9 Å². The van der Waals surface area contributed by atoms with Gasteiger partial charge in [-0.05, 0) is 129 Å². The topological polar surface area (TPSA) is 126 Å². The predicted molar refractivity (Wildman–Crippen MR) is 211 cm³/mol. The summed E-state index contributed by atoms with van der Waals surface area (Å²) in [6.07, 6.45) is 7.14. The molecular formula is C43H53N7O5. The molecule has 2 N–H and O–H groups in total. The Labute approximate surface area is 322 Å². The van der Waals surface area contributed by atoms with Crippen LogP contribution in [0.3, 0.4) is 0 Å². The smallest absolute Gasteiger partial charge is 0.411 e. The molecule has 290 valence electrons. The molecule has 0 radical (unpaired) electrons. The number of H-pyrrole nitrogens is 1. The van der Waals surface area contributed by atoms with E-state index in [1.807, 2.05) is 57.5 Å². The second kappa shape index (κ2) is 13.1. The molecule has 5 aliphatic heterocycles. The Morgan fingerprint density at radius 3 is 2.44 bits per heavy atom. The third kappa shape index (κ3) is 6.50. The average Bonchev–Trinajstić information content (AvgIpc) is 3.95. The standard InChI is InChI=1S/C43H53N7O5/c1-24-49-33-17-13-26(31-22-44-38(46-31)34-9-8-18-48(34)40(51)54-42(2,3)4)19-28(33)20-35(49)30-16-12-27(21-36(30)53-24)32-23-45-39(47-32)37-25-10-14-29(15-11-25)50(37)41(52)55-43(5,6)7/h12-13,16-17,19-21,23-25,29,31,34,37H,8-11,14-15,18,22H2,1-7H3,(H,44,46)(H,45,47)/t24?,25?,29?,31?,34-,37-/m0/s1. The summed E-state index contributed by atoms with van der Waals surface area (Å²) < 4.78 is 20.4. The van der Waals surface area contributed by atoms with E-state index in [4.69, 9.17) is 24.2 Å². The summed E-state index contributed by atoms with van der Waals surface area (Å²) in [6, 6.07) is 15.2. The first-order valence-electron chi connectivity index (χ1n) is 20.0. The number of aromatic amines is 1. The predicted octanol–water partition coefficient (Wildman–Crippen LogP) is 8.90. The number of likely N-dealkylation sites (tertiary alicyclic amines) is 1. The number of amides is 2. The zero-order valence-electron chi connectivity index (χ0n) is 33.0. The number of aromatic nitrogens is 3. The Balaban J connectivity index is 0.943. The molecule has 2 aromatic heterocycles. The van der Waals surface area contributed by atoms with E-state index in [0.29, 0.717) is 19.0 Å². The molecule has 12 nitrogen and oxygen atoms in total. The van der Waals surface area contributed by atoms with Crippen LogP contribution in [-0.4, -0.2) is 78.7 Å². The molecular weight excluding hydrogens is 695 g/mol. The van der Waals surface area contributed by atoms with Crippen molar-refractivity contribution in [3.63, 3.8) is 0 Å². The van der Waals surface area contributed by atoms with Crippen LogP contribution in [0.15, 0.2) is 53.7 Å². The van der Waals surface area contributed by atoms with Gasteiger partial charge in [0.05, 0.1) is 47.8 Å². The van der Waals surface area contributed by atoms with Gasteiger partial charge in [-0.25, -0.2) is 14.6 Å². The van der Waals surface area contributed by atoms with Crippen LogP contribution in [0.5, 0.6) is 5.75 Å². The highest BCUT2D eigenvalue weighted by Crippen LogP contribution is 2.48. The molecule has 2 amide bonds. The van der Waals surface area contributed by atoms with E-state index in [2.05, 4.69) is 64.3 Å². The van der Waals surface area contributed by atoms with Crippen LogP contribution in [-0.2, 0) is 9.47 Å². The van der Waals surface area contributed by atoms with Crippen molar-refractivity contribution in [1.29, 1.82) is 0 Å². The van der Waals surface area contributed by atoms with Crippen LogP contribution in [0.25, 0.3) is 33.4 Å². The van der Waals surface area contributed by atoms with E-state index in [1.165, 1.54) is 0 Å². The number of aliphatic imine (C=N–C) groups is 1. The summed E-state index contributed by atoms with van der Waals surface area (Å²) in [5, 5.41) is 4.79. The van der Waals surface area contributed by atoms with Gasteiger partial charge >= 0.3 is 12.2 Å². The highest BCUT2D eigenvalue weighted by molar-refractivity contribution is 5.93. The molecule has 4 atom stereocenters. The van der Waals surface area contributed by atoms with E-state index in [0.717, 1.165) is 94.9 Å². The van der Waals surface area contributed by atoms with E-state index in [9.17, 15) is 9.59 Å². The van der Waals surface area contributed by atoms with Crippen LogP contribution in [0.4, 0.5) is 9.59 Å². The number of piperidine rings is 2. The number of amidine groups is 1. The second-order valence-electron chi connectivity index (χ2n) is 18.0. The van der Waals surface area contributed by atoms with Gasteiger partial charge in [-0.1, -0.05) is 12.1 Å². The molecule has 4 fully saturated rings. The Morgan fingerprint density at radius 2 is 1.67 bits per heavy atom. The summed E-state index contributed by atoms with van der Waals surface area (Å²) in [5.74, 6) is 2.86.